The number of hydrogen-bond donors (Lipinski definition) is 2. The van der Waals surface area contributed by atoms with Gasteiger partial charge in [0.1, 0.15) is 11.4 Å². The number of pyridine rings is 1. The quantitative estimate of drug-likeness (QED) is 0.760. The van der Waals surface area contributed by atoms with Crippen LogP contribution in [0.4, 0.5) is 5.69 Å². The zero-order valence-electron chi connectivity index (χ0n) is 12.2. The van der Waals surface area contributed by atoms with Gasteiger partial charge in [0.05, 0.1) is 5.69 Å². The first kappa shape index (κ1) is 13.2. The number of piperazine rings is 1. The Balaban J connectivity index is 1.71. The first-order chi connectivity index (χ1) is 10.8. The first-order valence-electron chi connectivity index (χ1n) is 7.53. The topological polar surface area (TPSA) is 52.8 Å². The Morgan fingerprint density at radius 1 is 1.09 bits per heavy atom. The Morgan fingerprint density at radius 3 is 2.77 bits per heavy atom. The average Bonchev–Trinajstić information content (AvgIpc) is 2.99. The second-order valence-electron chi connectivity index (χ2n) is 5.56. The van der Waals surface area contributed by atoms with E-state index in [4.69, 9.17) is 0 Å². The molecular weight excluding hydrogens is 276 g/mol. The van der Waals surface area contributed by atoms with E-state index in [-0.39, 0.29) is 5.75 Å². The number of imidazole rings is 1. The molecule has 0 atom stereocenters. The van der Waals surface area contributed by atoms with Crippen molar-refractivity contribution < 1.29 is 5.11 Å². The minimum atomic E-state index is 0.260. The molecule has 0 spiro atoms. The summed E-state index contributed by atoms with van der Waals surface area (Å²) in [6.07, 6.45) is 4.04. The molecule has 0 radical (unpaired) electrons. The van der Waals surface area contributed by atoms with Crippen LogP contribution < -0.4 is 10.2 Å². The molecule has 2 aromatic heterocycles. The Kier molecular flexibility index (Phi) is 3.20. The van der Waals surface area contributed by atoms with Crippen molar-refractivity contribution in [2.24, 2.45) is 0 Å². The monoisotopic (exact) mass is 294 g/mol. The molecule has 0 aliphatic carbocycles. The molecule has 0 unspecified atom stereocenters. The molecule has 4 rings (SSSR count). The van der Waals surface area contributed by atoms with E-state index >= 15 is 0 Å². The van der Waals surface area contributed by atoms with Crippen molar-refractivity contribution in [1.82, 2.24) is 14.7 Å². The van der Waals surface area contributed by atoms with Gasteiger partial charge in [-0.05, 0) is 18.2 Å². The number of phenolic OH excluding ortho intramolecular Hbond substituents is 1. The molecule has 3 aromatic rings. The van der Waals surface area contributed by atoms with Crippen molar-refractivity contribution in [3.05, 3.63) is 48.8 Å². The van der Waals surface area contributed by atoms with Gasteiger partial charge in [0.15, 0.2) is 0 Å². The van der Waals surface area contributed by atoms with Gasteiger partial charge in [-0.1, -0.05) is 12.1 Å². The molecule has 1 saturated heterocycles. The Bertz CT molecular complexity index is 805. The minimum absolute atomic E-state index is 0.260. The van der Waals surface area contributed by atoms with Crippen molar-refractivity contribution in [3.63, 3.8) is 0 Å². The lowest BCUT2D eigenvalue weighted by Gasteiger charge is -2.29. The van der Waals surface area contributed by atoms with Crippen LogP contribution in [0, 0.1) is 0 Å². The van der Waals surface area contributed by atoms with Crippen LogP contribution in [0.5, 0.6) is 5.75 Å². The molecule has 1 fully saturated rings. The van der Waals surface area contributed by atoms with E-state index in [2.05, 4.69) is 27.3 Å². The lowest BCUT2D eigenvalue weighted by atomic mass is 10.2. The maximum Gasteiger partial charge on any atom is 0.139 e. The predicted molar refractivity (Wildman–Crippen MR) is 87.4 cm³/mol. The minimum Gasteiger partial charge on any atom is -0.508 e. The lowest BCUT2D eigenvalue weighted by Crippen LogP contribution is -2.43. The third-order valence-corrected chi connectivity index (χ3v) is 4.07. The predicted octanol–water partition coefficient (Wildman–Crippen LogP) is 2.12. The summed E-state index contributed by atoms with van der Waals surface area (Å²) in [5, 5.41) is 13.0. The van der Waals surface area contributed by atoms with Gasteiger partial charge in [0.25, 0.3) is 0 Å². The number of phenols is 1. The van der Waals surface area contributed by atoms with Crippen molar-refractivity contribution in [3.8, 4) is 17.0 Å². The second-order valence-corrected chi connectivity index (χ2v) is 5.56. The van der Waals surface area contributed by atoms with Gasteiger partial charge >= 0.3 is 0 Å². The average molecular weight is 294 g/mol. The number of nitrogens with zero attached hydrogens (tertiary/aromatic N) is 3. The van der Waals surface area contributed by atoms with E-state index in [9.17, 15) is 5.11 Å². The molecule has 0 bridgehead atoms. The zero-order valence-corrected chi connectivity index (χ0v) is 12.2. The van der Waals surface area contributed by atoms with Crippen LogP contribution in [-0.4, -0.2) is 40.7 Å². The molecule has 1 aliphatic rings. The van der Waals surface area contributed by atoms with Gasteiger partial charge in [0, 0.05) is 55.9 Å². The number of nitrogens with one attached hydrogen (secondary N) is 1. The summed E-state index contributed by atoms with van der Waals surface area (Å²) in [5.74, 6) is 0.260. The number of aromatic hydroxyl groups is 1. The van der Waals surface area contributed by atoms with Gasteiger partial charge in [0.2, 0.25) is 0 Å². The normalized spacial score (nSPS) is 15.4. The van der Waals surface area contributed by atoms with Crippen molar-refractivity contribution >= 4 is 11.3 Å². The fourth-order valence-electron chi connectivity index (χ4n) is 2.90. The Labute approximate surface area is 128 Å². The second kappa shape index (κ2) is 5.35. The lowest BCUT2D eigenvalue weighted by molar-refractivity contribution is 0.475. The van der Waals surface area contributed by atoms with Crippen LogP contribution in [0.2, 0.25) is 0 Å². The van der Waals surface area contributed by atoms with E-state index in [0.717, 1.165) is 43.1 Å². The van der Waals surface area contributed by atoms with Crippen molar-refractivity contribution in [1.29, 1.82) is 0 Å². The molecule has 3 heterocycles. The van der Waals surface area contributed by atoms with E-state index in [0.29, 0.717) is 0 Å². The van der Waals surface area contributed by atoms with E-state index in [1.165, 1.54) is 5.69 Å². The number of rotatable bonds is 2. The highest BCUT2D eigenvalue weighted by Gasteiger charge is 2.12. The molecule has 0 amide bonds. The Morgan fingerprint density at radius 2 is 1.95 bits per heavy atom. The maximum atomic E-state index is 9.62. The van der Waals surface area contributed by atoms with Crippen LogP contribution in [0.15, 0.2) is 48.8 Å². The highest BCUT2D eigenvalue weighted by molar-refractivity contribution is 5.66. The smallest absolute Gasteiger partial charge is 0.139 e. The van der Waals surface area contributed by atoms with Crippen LogP contribution >= 0.6 is 0 Å². The summed E-state index contributed by atoms with van der Waals surface area (Å²) in [4.78, 5) is 7.06. The molecular formula is C17H18N4O. The summed E-state index contributed by atoms with van der Waals surface area (Å²) in [5.41, 5.74) is 3.93. The van der Waals surface area contributed by atoms with Gasteiger partial charge in [-0.25, -0.2) is 4.98 Å². The Hall–Kier alpha value is -2.53. The summed E-state index contributed by atoms with van der Waals surface area (Å²) in [7, 11) is 0. The summed E-state index contributed by atoms with van der Waals surface area (Å²) in [6, 6.07) is 11.4. The van der Waals surface area contributed by atoms with Crippen molar-refractivity contribution in [2.45, 2.75) is 0 Å². The van der Waals surface area contributed by atoms with E-state index in [1.54, 1.807) is 12.1 Å². The van der Waals surface area contributed by atoms with Gasteiger partial charge in [-0.15, -0.1) is 0 Å². The molecule has 1 aromatic carbocycles. The number of hydrogen-bond acceptors (Lipinski definition) is 4. The molecule has 112 valence electrons. The van der Waals surface area contributed by atoms with Crippen LogP contribution in [0.3, 0.4) is 0 Å². The standard InChI is InChI=1S/C17H18N4O/c22-15-3-1-2-13(10-15)16-12-21-7-4-14(11-17(21)19-16)20-8-5-18-6-9-20/h1-4,7,10-12,18,22H,5-6,8-9H2. The third kappa shape index (κ3) is 2.40. The first-order valence-corrected chi connectivity index (χ1v) is 7.53. The van der Waals surface area contributed by atoms with E-state index < -0.39 is 0 Å². The summed E-state index contributed by atoms with van der Waals surface area (Å²) >= 11 is 0. The van der Waals surface area contributed by atoms with Crippen molar-refractivity contribution in [2.75, 3.05) is 31.1 Å². The van der Waals surface area contributed by atoms with E-state index in [1.807, 2.05) is 28.9 Å². The number of fused-ring (bicyclic) bond motifs is 1. The summed E-state index contributed by atoms with van der Waals surface area (Å²) < 4.78 is 2.02. The molecule has 22 heavy (non-hydrogen) atoms. The third-order valence-electron chi connectivity index (χ3n) is 4.07. The molecule has 2 N–H and O–H groups in total. The highest BCUT2D eigenvalue weighted by atomic mass is 16.3. The molecule has 5 nitrogen and oxygen atoms in total. The maximum absolute atomic E-state index is 9.62. The number of benzene rings is 1. The zero-order chi connectivity index (χ0) is 14.9. The van der Waals surface area contributed by atoms with Gasteiger partial charge in [-0.3, -0.25) is 0 Å². The fraction of sp³-hybridized carbons (Fsp3) is 0.235. The number of aromatic nitrogens is 2. The number of anilines is 1. The van der Waals surface area contributed by atoms with Crippen LogP contribution in [-0.2, 0) is 0 Å². The van der Waals surface area contributed by atoms with Crippen LogP contribution in [0.25, 0.3) is 16.9 Å². The molecule has 5 heteroatoms. The molecule has 1 aliphatic heterocycles. The van der Waals surface area contributed by atoms with Crippen LogP contribution in [0.1, 0.15) is 0 Å². The fourth-order valence-corrected chi connectivity index (χ4v) is 2.90. The highest BCUT2D eigenvalue weighted by Crippen LogP contribution is 2.24. The summed E-state index contributed by atoms with van der Waals surface area (Å²) in [6.45, 7) is 4.09. The van der Waals surface area contributed by atoms with Gasteiger partial charge < -0.3 is 19.7 Å². The SMILES string of the molecule is Oc1cccc(-c2cn3ccc(N4CCNCC4)cc3n2)c1. The van der Waals surface area contributed by atoms with Gasteiger partial charge in [-0.2, -0.15) is 0 Å². The molecule has 0 saturated carbocycles. The largest absolute Gasteiger partial charge is 0.508 e.